The Morgan fingerprint density at radius 2 is 2.12 bits per heavy atom. The predicted molar refractivity (Wildman–Crippen MR) is 98.6 cm³/mol. The van der Waals surface area contributed by atoms with Gasteiger partial charge in [-0.2, -0.15) is 35.9 Å². The number of sulfonamides is 1. The summed E-state index contributed by atoms with van der Waals surface area (Å²) in [4.78, 5) is 0. The molecule has 0 heterocycles. The van der Waals surface area contributed by atoms with Crippen molar-refractivity contribution in [1.82, 2.24) is 5.43 Å². The number of hydrogen-bond donors (Lipinski definition) is 2. The van der Waals surface area contributed by atoms with Gasteiger partial charge in [0.15, 0.2) is 0 Å². The van der Waals surface area contributed by atoms with Crippen molar-refractivity contribution < 1.29 is 46.2 Å². The third-order valence-electron chi connectivity index (χ3n) is 4.39. The second kappa shape index (κ2) is 9.42. The first-order chi connectivity index (χ1) is 11.9. The van der Waals surface area contributed by atoms with Crippen molar-refractivity contribution in [2.45, 2.75) is 31.8 Å². The molecule has 0 aliphatic heterocycles. The van der Waals surface area contributed by atoms with Crippen LogP contribution in [0.1, 0.15) is 35.6 Å². The Kier molecular flexibility index (Phi) is 7.80. The van der Waals surface area contributed by atoms with E-state index in [9.17, 15) is 13.5 Å². The van der Waals surface area contributed by atoms with Crippen LogP contribution in [0.5, 0.6) is 0 Å². The van der Waals surface area contributed by atoms with Gasteiger partial charge in [0.1, 0.15) is 0 Å². The molecular formula is C19H23N2O3SY-. The van der Waals surface area contributed by atoms with Crippen LogP contribution in [0.3, 0.4) is 0 Å². The molecule has 0 fully saturated rings. The summed E-state index contributed by atoms with van der Waals surface area (Å²) in [5.74, 6) is 0. The maximum atomic E-state index is 12.2. The van der Waals surface area contributed by atoms with Gasteiger partial charge in [0, 0.05) is 39.3 Å². The van der Waals surface area contributed by atoms with E-state index in [1.54, 1.807) is 6.07 Å². The standard InChI is InChI=1S/C19H23N2O3S.Y/c1-25(23,24)21(20-13-5-8-15-6-3-2-4-7-15)17-10-11-18-16(14-17)9-12-19(18)22;/h2-4,6,10-11,14,19-20,22H,5,8-9,12-13H2,1H3;/q-1;. The SMILES string of the molecule is CS(=O)(=O)N(NCCCc1[c-]cccc1)c1ccc2c(c1)CCC2O.[Y]. The van der Waals surface area contributed by atoms with Crippen LogP contribution < -0.4 is 9.84 Å². The third-order valence-corrected chi connectivity index (χ3v) is 5.39. The van der Waals surface area contributed by atoms with Gasteiger partial charge < -0.3 is 5.11 Å². The quantitative estimate of drug-likeness (QED) is 0.388. The van der Waals surface area contributed by atoms with Crippen LogP contribution in [-0.4, -0.2) is 26.3 Å². The molecule has 1 unspecified atom stereocenters. The molecule has 0 saturated carbocycles. The zero-order valence-corrected chi connectivity index (χ0v) is 18.5. The smallest absolute Gasteiger partial charge is 0.245 e. The van der Waals surface area contributed by atoms with Gasteiger partial charge in [0.25, 0.3) is 0 Å². The first-order valence-electron chi connectivity index (χ1n) is 8.45. The molecule has 0 saturated heterocycles. The number of anilines is 1. The molecule has 2 aromatic carbocycles. The van der Waals surface area contributed by atoms with Gasteiger partial charge in [-0.25, -0.2) is 18.3 Å². The fourth-order valence-corrected chi connectivity index (χ4v) is 3.98. The maximum Gasteiger partial charge on any atom is 0.245 e. The van der Waals surface area contributed by atoms with E-state index < -0.39 is 16.1 Å². The van der Waals surface area contributed by atoms with Crippen molar-refractivity contribution in [3.63, 3.8) is 0 Å². The van der Waals surface area contributed by atoms with E-state index in [0.717, 1.165) is 36.0 Å². The van der Waals surface area contributed by atoms with E-state index in [1.165, 1.54) is 10.7 Å². The minimum Gasteiger partial charge on any atom is -0.388 e. The first kappa shape index (κ1) is 21.5. The van der Waals surface area contributed by atoms with E-state index >= 15 is 0 Å². The Labute approximate surface area is 180 Å². The summed E-state index contributed by atoms with van der Waals surface area (Å²) in [6.07, 6.45) is 3.85. The number of aliphatic hydroxyl groups is 1. The number of nitrogens with one attached hydrogen (secondary N) is 1. The second-order valence-corrected chi connectivity index (χ2v) is 8.20. The van der Waals surface area contributed by atoms with Gasteiger partial charge >= 0.3 is 0 Å². The summed E-state index contributed by atoms with van der Waals surface area (Å²) in [5, 5.41) is 9.90. The molecular weight excluding hydrogens is 425 g/mol. The summed E-state index contributed by atoms with van der Waals surface area (Å²) in [6.45, 7) is 0.537. The molecule has 1 aliphatic rings. The van der Waals surface area contributed by atoms with Crippen LogP contribution in [-0.2, 0) is 55.6 Å². The van der Waals surface area contributed by atoms with Crippen molar-refractivity contribution in [3.05, 3.63) is 65.2 Å². The van der Waals surface area contributed by atoms with Gasteiger partial charge in [-0.15, -0.1) is 0 Å². The van der Waals surface area contributed by atoms with Crippen LogP contribution >= 0.6 is 0 Å². The minimum absolute atomic E-state index is 0. The maximum absolute atomic E-state index is 12.2. The van der Waals surface area contributed by atoms with Gasteiger partial charge in [-0.3, -0.25) is 0 Å². The molecule has 0 amide bonds. The summed E-state index contributed by atoms with van der Waals surface area (Å²) in [5.41, 5.74) is 6.63. The summed E-state index contributed by atoms with van der Waals surface area (Å²) in [7, 11) is -3.44. The summed E-state index contributed by atoms with van der Waals surface area (Å²) < 4.78 is 25.6. The Morgan fingerprint density at radius 1 is 1.31 bits per heavy atom. The molecule has 5 nitrogen and oxygen atoms in total. The van der Waals surface area contributed by atoms with Crippen LogP contribution in [0.25, 0.3) is 0 Å². The molecule has 2 N–H and O–H groups in total. The van der Waals surface area contributed by atoms with Crippen molar-refractivity contribution >= 4 is 15.7 Å². The third kappa shape index (κ3) is 5.36. The summed E-state index contributed by atoms with van der Waals surface area (Å²) in [6, 6.07) is 16.4. The summed E-state index contributed by atoms with van der Waals surface area (Å²) >= 11 is 0. The molecule has 1 aliphatic carbocycles. The largest absolute Gasteiger partial charge is 0.388 e. The fourth-order valence-electron chi connectivity index (χ4n) is 3.15. The number of hydrogen-bond acceptors (Lipinski definition) is 4. The van der Waals surface area contributed by atoms with E-state index in [0.29, 0.717) is 18.7 Å². The van der Waals surface area contributed by atoms with Crippen molar-refractivity contribution in [2.24, 2.45) is 0 Å². The molecule has 7 heteroatoms. The molecule has 3 rings (SSSR count). The Bertz CT molecular complexity index is 828. The molecule has 26 heavy (non-hydrogen) atoms. The van der Waals surface area contributed by atoms with E-state index in [2.05, 4.69) is 11.5 Å². The first-order valence-corrected chi connectivity index (χ1v) is 10.3. The van der Waals surface area contributed by atoms with E-state index in [1.807, 2.05) is 36.4 Å². The number of fused-ring (bicyclic) bond motifs is 1. The van der Waals surface area contributed by atoms with Crippen LogP contribution in [0, 0.1) is 6.07 Å². The van der Waals surface area contributed by atoms with Crippen molar-refractivity contribution in [3.8, 4) is 0 Å². The fraction of sp³-hybridized carbons (Fsp3) is 0.368. The monoisotopic (exact) mass is 448 g/mol. The molecule has 0 spiro atoms. The minimum atomic E-state index is -3.44. The normalized spacial score (nSPS) is 16.0. The number of benzene rings is 2. The predicted octanol–water partition coefficient (Wildman–Crippen LogP) is 2.37. The number of hydrazine groups is 1. The van der Waals surface area contributed by atoms with Crippen LogP contribution in [0.15, 0.2) is 42.5 Å². The van der Waals surface area contributed by atoms with Crippen molar-refractivity contribution in [1.29, 1.82) is 0 Å². The van der Waals surface area contributed by atoms with Gasteiger partial charge in [-0.05, 0) is 48.9 Å². The van der Waals surface area contributed by atoms with Crippen LogP contribution in [0.4, 0.5) is 5.69 Å². The molecule has 137 valence electrons. The Morgan fingerprint density at radius 3 is 2.81 bits per heavy atom. The molecule has 1 atom stereocenters. The Balaban J connectivity index is 0.00000243. The van der Waals surface area contributed by atoms with E-state index in [4.69, 9.17) is 0 Å². The zero-order chi connectivity index (χ0) is 17.9. The van der Waals surface area contributed by atoms with Gasteiger partial charge in [-0.1, -0.05) is 6.07 Å². The number of nitrogens with zero attached hydrogens (tertiary/aromatic N) is 1. The Hall–Kier alpha value is -0.786. The molecule has 1 radical (unpaired) electrons. The van der Waals surface area contributed by atoms with Crippen LogP contribution in [0.2, 0.25) is 0 Å². The average Bonchev–Trinajstić information content (AvgIpc) is 2.95. The van der Waals surface area contributed by atoms with Gasteiger partial charge in [0.2, 0.25) is 10.0 Å². The number of rotatable bonds is 7. The molecule has 0 aromatic heterocycles. The number of aryl methyl sites for hydroxylation is 2. The van der Waals surface area contributed by atoms with Gasteiger partial charge in [0.05, 0.1) is 18.0 Å². The second-order valence-electron chi connectivity index (χ2n) is 6.36. The zero-order valence-electron chi connectivity index (χ0n) is 14.9. The molecule has 2 aromatic rings. The van der Waals surface area contributed by atoms with E-state index in [-0.39, 0.29) is 32.7 Å². The molecule has 0 bridgehead atoms. The number of aliphatic hydroxyl groups excluding tert-OH is 1. The topological polar surface area (TPSA) is 69.6 Å². The van der Waals surface area contributed by atoms with Crippen molar-refractivity contribution in [2.75, 3.05) is 17.2 Å². The average molecular weight is 448 g/mol.